The van der Waals surface area contributed by atoms with E-state index in [-0.39, 0.29) is 23.6 Å². The molecule has 2 aliphatic rings. The van der Waals surface area contributed by atoms with Crippen LogP contribution in [0.15, 0.2) is 30.3 Å². The van der Waals surface area contributed by atoms with Gasteiger partial charge in [-0.1, -0.05) is 43.2 Å². The van der Waals surface area contributed by atoms with Crippen LogP contribution in [0.25, 0.3) is 0 Å². The summed E-state index contributed by atoms with van der Waals surface area (Å²) in [6.45, 7) is 0.829. The first-order valence-corrected chi connectivity index (χ1v) is 10.5. The van der Waals surface area contributed by atoms with Gasteiger partial charge in [0.05, 0.1) is 11.7 Å². The molecule has 1 amide bonds. The highest BCUT2D eigenvalue weighted by Crippen LogP contribution is 2.23. The van der Waals surface area contributed by atoms with Crippen LogP contribution in [0.3, 0.4) is 0 Å². The van der Waals surface area contributed by atoms with Crippen LogP contribution in [0.2, 0.25) is 0 Å². The standard InChI is InChI=1S/C18H26N2O3S/c21-18(19-17-10-4-5-11-17)16-9-6-12-20(13-16)24(22,23)14-15-7-2-1-3-8-15/h1-3,7-8,16-17H,4-6,9-14H2,(H,19,21). The van der Waals surface area contributed by atoms with Crippen LogP contribution in [0, 0.1) is 5.92 Å². The lowest BCUT2D eigenvalue weighted by molar-refractivity contribution is -0.126. The number of carbonyl (C=O) groups is 1. The Balaban J connectivity index is 1.60. The lowest BCUT2D eigenvalue weighted by Crippen LogP contribution is -2.47. The molecule has 1 aromatic carbocycles. The molecule has 0 bridgehead atoms. The van der Waals surface area contributed by atoms with Gasteiger partial charge in [0.25, 0.3) is 0 Å². The van der Waals surface area contributed by atoms with Crippen molar-refractivity contribution < 1.29 is 13.2 Å². The molecule has 1 atom stereocenters. The molecule has 1 N–H and O–H groups in total. The lowest BCUT2D eigenvalue weighted by atomic mass is 9.98. The van der Waals surface area contributed by atoms with Gasteiger partial charge in [0.1, 0.15) is 0 Å². The van der Waals surface area contributed by atoms with E-state index in [0.717, 1.165) is 31.2 Å². The zero-order valence-electron chi connectivity index (χ0n) is 14.0. The minimum Gasteiger partial charge on any atom is -0.353 e. The van der Waals surface area contributed by atoms with Crippen LogP contribution in [0.5, 0.6) is 0 Å². The number of hydrogen-bond donors (Lipinski definition) is 1. The largest absolute Gasteiger partial charge is 0.353 e. The van der Waals surface area contributed by atoms with Crippen molar-refractivity contribution in [2.24, 2.45) is 5.92 Å². The van der Waals surface area contributed by atoms with Crippen molar-refractivity contribution in [2.75, 3.05) is 13.1 Å². The van der Waals surface area contributed by atoms with Crippen molar-refractivity contribution in [1.82, 2.24) is 9.62 Å². The third-order valence-corrected chi connectivity index (χ3v) is 6.86. The normalized spacial score (nSPS) is 23.2. The summed E-state index contributed by atoms with van der Waals surface area (Å²) in [7, 11) is -3.38. The molecule has 132 valence electrons. The van der Waals surface area contributed by atoms with Crippen molar-refractivity contribution in [3.8, 4) is 0 Å². The van der Waals surface area contributed by atoms with Crippen LogP contribution >= 0.6 is 0 Å². The summed E-state index contributed by atoms with van der Waals surface area (Å²) in [6.07, 6.45) is 5.97. The lowest BCUT2D eigenvalue weighted by Gasteiger charge is -2.31. The maximum atomic E-state index is 12.7. The number of hydrogen-bond acceptors (Lipinski definition) is 3. The second-order valence-corrected chi connectivity index (χ2v) is 8.90. The zero-order chi connectivity index (χ0) is 17.0. The Morgan fingerprint density at radius 2 is 1.79 bits per heavy atom. The molecule has 0 aromatic heterocycles. The van der Waals surface area contributed by atoms with Gasteiger partial charge >= 0.3 is 0 Å². The maximum Gasteiger partial charge on any atom is 0.224 e. The highest BCUT2D eigenvalue weighted by molar-refractivity contribution is 7.88. The average molecular weight is 350 g/mol. The Labute approximate surface area is 144 Å². The third kappa shape index (κ3) is 4.36. The van der Waals surface area contributed by atoms with Gasteiger partial charge in [-0.3, -0.25) is 4.79 Å². The van der Waals surface area contributed by atoms with Gasteiger partial charge in [-0.25, -0.2) is 12.7 Å². The van der Waals surface area contributed by atoms with Crippen molar-refractivity contribution in [3.05, 3.63) is 35.9 Å². The minimum atomic E-state index is -3.38. The van der Waals surface area contributed by atoms with Crippen LogP contribution < -0.4 is 5.32 Å². The first-order chi connectivity index (χ1) is 11.5. The molecule has 5 nitrogen and oxygen atoms in total. The molecule has 1 saturated heterocycles. The van der Waals surface area contributed by atoms with Gasteiger partial charge in [-0.15, -0.1) is 0 Å². The molecule has 2 fully saturated rings. The third-order valence-electron chi connectivity index (χ3n) is 5.04. The zero-order valence-corrected chi connectivity index (χ0v) is 14.8. The number of rotatable bonds is 5. The monoisotopic (exact) mass is 350 g/mol. The predicted molar refractivity (Wildman–Crippen MR) is 93.8 cm³/mol. The summed E-state index contributed by atoms with van der Waals surface area (Å²) in [5.41, 5.74) is 0.787. The number of nitrogens with zero attached hydrogens (tertiary/aromatic N) is 1. The van der Waals surface area contributed by atoms with Gasteiger partial charge < -0.3 is 5.32 Å². The summed E-state index contributed by atoms with van der Waals surface area (Å²) >= 11 is 0. The number of nitrogens with one attached hydrogen (secondary N) is 1. The van der Waals surface area contributed by atoms with Crippen LogP contribution in [-0.4, -0.2) is 37.8 Å². The SMILES string of the molecule is O=C(NC1CCCC1)C1CCCN(S(=O)(=O)Cc2ccccc2)C1. The summed E-state index contributed by atoms with van der Waals surface area (Å²) < 4.78 is 26.8. The topological polar surface area (TPSA) is 66.5 Å². The molecular formula is C18H26N2O3S. The van der Waals surface area contributed by atoms with Gasteiger partial charge in [-0.2, -0.15) is 0 Å². The van der Waals surface area contributed by atoms with Crippen LogP contribution in [0.1, 0.15) is 44.1 Å². The van der Waals surface area contributed by atoms with Gasteiger partial charge in [-0.05, 0) is 31.2 Å². The number of amides is 1. The molecule has 6 heteroatoms. The van der Waals surface area contributed by atoms with Crippen LogP contribution in [0.4, 0.5) is 0 Å². The molecule has 3 rings (SSSR count). The molecule has 0 radical (unpaired) electrons. The highest BCUT2D eigenvalue weighted by Gasteiger charge is 2.33. The highest BCUT2D eigenvalue weighted by atomic mass is 32.2. The van der Waals surface area contributed by atoms with E-state index in [0.29, 0.717) is 13.1 Å². The Bertz CT molecular complexity index is 654. The van der Waals surface area contributed by atoms with E-state index < -0.39 is 10.0 Å². The smallest absolute Gasteiger partial charge is 0.224 e. The first kappa shape index (κ1) is 17.4. The molecule has 1 heterocycles. The van der Waals surface area contributed by atoms with Crippen molar-refractivity contribution in [1.29, 1.82) is 0 Å². The average Bonchev–Trinajstić information content (AvgIpc) is 3.08. The summed E-state index contributed by atoms with van der Waals surface area (Å²) in [5.74, 6) is -0.184. The summed E-state index contributed by atoms with van der Waals surface area (Å²) in [4.78, 5) is 12.5. The molecule has 24 heavy (non-hydrogen) atoms. The molecule has 1 aliphatic carbocycles. The van der Waals surface area contributed by atoms with Crippen molar-refractivity contribution >= 4 is 15.9 Å². The van der Waals surface area contributed by atoms with E-state index in [1.807, 2.05) is 30.3 Å². The minimum absolute atomic E-state index is 0.00477. The Hall–Kier alpha value is -1.40. The van der Waals surface area contributed by atoms with Gasteiger partial charge in [0, 0.05) is 19.1 Å². The Morgan fingerprint density at radius 1 is 1.08 bits per heavy atom. The molecule has 1 unspecified atom stereocenters. The Morgan fingerprint density at radius 3 is 2.50 bits per heavy atom. The molecule has 0 spiro atoms. The van der Waals surface area contributed by atoms with E-state index in [4.69, 9.17) is 0 Å². The number of carbonyl (C=O) groups excluding carboxylic acids is 1. The fourth-order valence-corrected chi connectivity index (χ4v) is 5.29. The molecule has 1 saturated carbocycles. The first-order valence-electron chi connectivity index (χ1n) is 8.87. The second kappa shape index (κ2) is 7.66. The van der Waals surface area contributed by atoms with E-state index >= 15 is 0 Å². The molecule has 1 aromatic rings. The molecular weight excluding hydrogens is 324 g/mol. The Kier molecular flexibility index (Phi) is 5.56. The van der Waals surface area contributed by atoms with E-state index in [1.54, 1.807) is 0 Å². The number of benzene rings is 1. The summed E-state index contributed by atoms with van der Waals surface area (Å²) in [6, 6.07) is 9.50. The van der Waals surface area contributed by atoms with Crippen molar-refractivity contribution in [2.45, 2.75) is 50.3 Å². The predicted octanol–water partition coefficient (Wildman–Crippen LogP) is 2.29. The van der Waals surface area contributed by atoms with E-state index in [1.165, 1.54) is 17.1 Å². The second-order valence-electron chi connectivity index (χ2n) is 6.93. The molecule has 1 aliphatic heterocycles. The van der Waals surface area contributed by atoms with Gasteiger partial charge in [0.15, 0.2) is 0 Å². The van der Waals surface area contributed by atoms with Crippen molar-refractivity contribution in [3.63, 3.8) is 0 Å². The maximum absolute atomic E-state index is 12.7. The van der Waals surface area contributed by atoms with E-state index in [2.05, 4.69) is 5.32 Å². The number of piperidine rings is 1. The number of sulfonamides is 1. The fraction of sp³-hybridized carbons (Fsp3) is 0.611. The van der Waals surface area contributed by atoms with Gasteiger partial charge in [0.2, 0.25) is 15.9 Å². The van der Waals surface area contributed by atoms with E-state index in [9.17, 15) is 13.2 Å². The summed E-state index contributed by atoms with van der Waals surface area (Å²) in [5, 5.41) is 3.11. The van der Waals surface area contributed by atoms with Crippen LogP contribution in [-0.2, 0) is 20.6 Å². The quantitative estimate of drug-likeness (QED) is 0.886. The fourth-order valence-electron chi connectivity index (χ4n) is 3.67.